The molecule has 0 atom stereocenters. The van der Waals surface area contributed by atoms with Gasteiger partial charge in [-0.2, -0.15) is 0 Å². The number of halogens is 3. The van der Waals surface area contributed by atoms with Crippen molar-refractivity contribution in [2.24, 2.45) is 0 Å². The van der Waals surface area contributed by atoms with Crippen LogP contribution in [0.15, 0.2) is 30.3 Å². The van der Waals surface area contributed by atoms with E-state index in [4.69, 9.17) is 0 Å². The highest BCUT2D eigenvalue weighted by molar-refractivity contribution is 5.73. The molecular weight excluding hydrogens is 247 g/mol. The van der Waals surface area contributed by atoms with E-state index in [1.165, 1.54) is 31.2 Å². The van der Waals surface area contributed by atoms with E-state index in [1.54, 1.807) is 12.1 Å². The average molecular weight is 259 g/mol. The van der Waals surface area contributed by atoms with E-state index in [9.17, 15) is 18.0 Å². The van der Waals surface area contributed by atoms with Crippen molar-refractivity contribution in [1.29, 1.82) is 0 Å². The van der Waals surface area contributed by atoms with Crippen LogP contribution in [0.4, 0.5) is 13.2 Å². The summed E-state index contributed by atoms with van der Waals surface area (Å²) in [6.07, 6.45) is -1.72. The molecule has 0 radical (unpaired) electrons. The van der Waals surface area contributed by atoms with Crippen molar-refractivity contribution in [3.05, 3.63) is 35.9 Å². The van der Waals surface area contributed by atoms with Crippen molar-refractivity contribution < 1.29 is 22.7 Å². The van der Waals surface area contributed by atoms with Gasteiger partial charge in [-0.05, 0) is 6.07 Å². The van der Waals surface area contributed by atoms with Crippen LogP contribution in [0.2, 0.25) is 0 Å². The van der Waals surface area contributed by atoms with Gasteiger partial charge in [-0.25, -0.2) is 0 Å². The topological polar surface area (TPSA) is 38.3 Å². The molecule has 1 amide bonds. The second-order valence-electron chi connectivity index (χ2n) is 3.43. The molecule has 1 N–H and O–H groups in total. The van der Waals surface area contributed by atoms with Crippen LogP contribution in [0.3, 0.4) is 0 Å². The number of rotatable bonds is 4. The van der Waals surface area contributed by atoms with Crippen molar-refractivity contribution in [2.75, 3.05) is 6.54 Å². The molecule has 1 aromatic rings. The standard InChI is InChI=1S/C12H12F3NO2/c1-9(17)16-8-4-6-10-5-2-3-7-11(10)18-12(13,14)15/h2-7H,8H2,1H3,(H,16,17). The number of alkyl halides is 3. The molecule has 0 saturated carbocycles. The van der Waals surface area contributed by atoms with Gasteiger partial charge in [0.15, 0.2) is 0 Å². The lowest BCUT2D eigenvalue weighted by molar-refractivity contribution is -0.274. The van der Waals surface area contributed by atoms with Gasteiger partial charge in [0, 0.05) is 19.0 Å². The van der Waals surface area contributed by atoms with Crippen molar-refractivity contribution in [2.45, 2.75) is 13.3 Å². The Morgan fingerprint density at radius 1 is 1.39 bits per heavy atom. The lowest BCUT2D eigenvalue weighted by Gasteiger charge is -2.10. The quantitative estimate of drug-likeness (QED) is 0.902. The molecule has 0 unspecified atom stereocenters. The molecule has 0 saturated heterocycles. The van der Waals surface area contributed by atoms with Crippen LogP contribution >= 0.6 is 0 Å². The molecule has 18 heavy (non-hydrogen) atoms. The Bertz CT molecular complexity index is 441. The minimum Gasteiger partial charge on any atom is -0.405 e. The third-order valence-electron chi connectivity index (χ3n) is 1.91. The average Bonchev–Trinajstić information content (AvgIpc) is 2.24. The molecule has 0 bridgehead atoms. The van der Waals surface area contributed by atoms with Crippen molar-refractivity contribution in [3.63, 3.8) is 0 Å². The zero-order valence-corrected chi connectivity index (χ0v) is 9.62. The highest BCUT2D eigenvalue weighted by Crippen LogP contribution is 2.26. The Kier molecular flexibility index (Phi) is 4.76. The number of carbonyl (C=O) groups excluding carboxylic acids is 1. The monoisotopic (exact) mass is 259 g/mol. The first-order chi connectivity index (χ1) is 8.38. The van der Waals surface area contributed by atoms with Gasteiger partial charge in [0.05, 0.1) is 0 Å². The zero-order chi connectivity index (χ0) is 13.6. The molecule has 6 heteroatoms. The van der Waals surface area contributed by atoms with E-state index >= 15 is 0 Å². The van der Waals surface area contributed by atoms with E-state index in [0.717, 1.165) is 0 Å². The van der Waals surface area contributed by atoms with Gasteiger partial charge in [-0.15, -0.1) is 13.2 Å². The van der Waals surface area contributed by atoms with Crippen molar-refractivity contribution >= 4 is 12.0 Å². The van der Waals surface area contributed by atoms with E-state index in [0.29, 0.717) is 5.56 Å². The summed E-state index contributed by atoms with van der Waals surface area (Å²) in [6, 6.07) is 5.77. The Labute approximate surface area is 102 Å². The number of para-hydroxylation sites is 1. The zero-order valence-electron chi connectivity index (χ0n) is 9.62. The van der Waals surface area contributed by atoms with Crippen LogP contribution in [0.25, 0.3) is 6.08 Å². The normalized spacial score (nSPS) is 11.6. The van der Waals surface area contributed by atoms with Gasteiger partial charge >= 0.3 is 6.36 Å². The second-order valence-corrected chi connectivity index (χ2v) is 3.43. The molecule has 0 spiro atoms. The predicted molar refractivity (Wildman–Crippen MR) is 60.8 cm³/mol. The number of ether oxygens (including phenoxy) is 1. The fourth-order valence-corrected chi connectivity index (χ4v) is 1.22. The summed E-state index contributed by atoms with van der Waals surface area (Å²) in [5.41, 5.74) is 0.292. The lowest BCUT2D eigenvalue weighted by Crippen LogP contribution is -2.19. The molecule has 0 aliphatic rings. The molecule has 0 aliphatic heterocycles. The molecule has 98 valence electrons. The van der Waals surface area contributed by atoms with Gasteiger partial charge in [-0.3, -0.25) is 4.79 Å². The van der Waals surface area contributed by atoms with Gasteiger partial charge in [-0.1, -0.05) is 30.4 Å². The van der Waals surface area contributed by atoms with Gasteiger partial charge in [0.2, 0.25) is 5.91 Å². The Hall–Kier alpha value is -1.98. The summed E-state index contributed by atoms with van der Waals surface area (Å²) in [6.45, 7) is 1.60. The van der Waals surface area contributed by atoms with Crippen LogP contribution in [0, 0.1) is 0 Å². The SMILES string of the molecule is CC(=O)NCC=Cc1ccccc1OC(F)(F)F. The summed E-state index contributed by atoms with van der Waals surface area (Å²) < 4.78 is 40.2. The smallest absolute Gasteiger partial charge is 0.405 e. The summed E-state index contributed by atoms with van der Waals surface area (Å²) >= 11 is 0. The number of nitrogens with one attached hydrogen (secondary N) is 1. The molecule has 3 nitrogen and oxygen atoms in total. The maximum Gasteiger partial charge on any atom is 0.573 e. The van der Waals surface area contributed by atoms with Gasteiger partial charge < -0.3 is 10.1 Å². The van der Waals surface area contributed by atoms with Crippen LogP contribution in [-0.4, -0.2) is 18.8 Å². The molecule has 0 heterocycles. The van der Waals surface area contributed by atoms with Gasteiger partial charge in [0.25, 0.3) is 0 Å². The number of benzene rings is 1. The molecule has 0 aromatic heterocycles. The maximum atomic E-state index is 12.1. The number of hydrogen-bond acceptors (Lipinski definition) is 2. The first-order valence-electron chi connectivity index (χ1n) is 5.14. The minimum absolute atomic E-state index is 0.209. The van der Waals surface area contributed by atoms with E-state index in [1.807, 2.05) is 0 Å². The number of carbonyl (C=O) groups is 1. The van der Waals surface area contributed by atoms with Crippen molar-refractivity contribution in [1.82, 2.24) is 5.32 Å². The highest BCUT2D eigenvalue weighted by atomic mass is 19.4. The number of amides is 1. The Balaban J connectivity index is 2.73. The van der Waals surface area contributed by atoms with Crippen LogP contribution in [-0.2, 0) is 4.79 Å². The second kappa shape index (κ2) is 6.09. The van der Waals surface area contributed by atoms with Crippen molar-refractivity contribution in [3.8, 4) is 5.75 Å². The minimum atomic E-state index is -4.72. The van der Waals surface area contributed by atoms with Gasteiger partial charge in [0.1, 0.15) is 5.75 Å². The van der Waals surface area contributed by atoms with E-state index in [-0.39, 0.29) is 18.2 Å². The third kappa shape index (κ3) is 5.38. The molecule has 0 aliphatic carbocycles. The Morgan fingerprint density at radius 3 is 2.67 bits per heavy atom. The van der Waals surface area contributed by atoms with Crippen LogP contribution < -0.4 is 10.1 Å². The Morgan fingerprint density at radius 2 is 2.06 bits per heavy atom. The highest BCUT2D eigenvalue weighted by Gasteiger charge is 2.31. The summed E-state index contributed by atoms with van der Waals surface area (Å²) in [7, 11) is 0. The third-order valence-corrected chi connectivity index (χ3v) is 1.91. The van der Waals surface area contributed by atoms with Crippen LogP contribution in [0.5, 0.6) is 5.75 Å². The molecular formula is C12H12F3NO2. The summed E-state index contributed by atoms with van der Waals surface area (Å²) in [5.74, 6) is -0.483. The lowest BCUT2D eigenvalue weighted by atomic mass is 10.2. The molecule has 1 rings (SSSR count). The fraction of sp³-hybridized carbons (Fsp3) is 0.250. The van der Waals surface area contributed by atoms with E-state index < -0.39 is 6.36 Å². The first kappa shape index (κ1) is 14.1. The largest absolute Gasteiger partial charge is 0.573 e. The van der Waals surface area contributed by atoms with Crippen LogP contribution in [0.1, 0.15) is 12.5 Å². The van der Waals surface area contributed by atoms with E-state index in [2.05, 4.69) is 10.1 Å². The summed E-state index contributed by atoms with van der Waals surface area (Å²) in [4.78, 5) is 10.6. The fourth-order valence-electron chi connectivity index (χ4n) is 1.22. The summed E-state index contributed by atoms with van der Waals surface area (Å²) in [5, 5.41) is 2.49. The molecule has 0 fully saturated rings. The number of hydrogen-bond donors (Lipinski definition) is 1. The predicted octanol–water partition coefficient (Wildman–Crippen LogP) is 2.73. The molecule has 1 aromatic carbocycles. The first-order valence-corrected chi connectivity index (χ1v) is 5.14. The maximum absolute atomic E-state index is 12.1.